The molecule has 0 atom stereocenters. The average Bonchev–Trinajstić information content (AvgIpc) is 2.50. The van der Waals surface area contributed by atoms with Gasteiger partial charge in [0.2, 0.25) is 0 Å². The van der Waals surface area contributed by atoms with E-state index in [0.717, 1.165) is 11.5 Å². The van der Waals surface area contributed by atoms with Crippen LogP contribution in [0.4, 0.5) is 0 Å². The van der Waals surface area contributed by atoms with Gasteiger partial charge in [0, 0.05) is 0 Å². The van der Waals surface area contributed by atoms with Crippen molar-refractivity contribution in [1.82, 2.24) is 0 Å². The van der Waals surface area contributed by atoms with Crippen LogP contribution in [0.5, 0.6) is 11.5 Å². The van der Waals surface area contributed by atoms with E-state index in [2.05, 4.69) is 49.8 Å². The van der Waals surface area contributed by atoms with Crippen LogP contribution in [0.25, 0.3) is 0 Å². The molecule has 0 amide bonds. The van der Waals surface area contributed by atoms with Crippen LogP contribution in [0.15, 0.2) is 48.5 Å². The lowest BCUT2D eigenvalue weighted by molar-refractivity contribution is -0.126. The number of carbonyl (C=O) groups excluding carboxylic acids is 1. The number of rotatable bonds is 4. The second kappa shape index (κ2) is 8.80. The summed E-state index contributed by atoms with van der Waals surface area (Å²) in [6.07, 6.45) is 0. The molecule has 0 saturated carbocycles. The first-order valence-corrected chi connectivity index (χ1v) is 6.87. The number of hydrogen-bond donors (Lipinski definition) is 0. The molecule has 0 unspecified atom stereocenters. The van der Waals surface area contributed by atoms with E-state index in [1.54, 1.807) is 0 Å². The van der Waals surface area contributed by atoms with E-state index in [9.17, 15) is 0 Å². The monoisotopic (exact) mass is 286 g/mol. The zero-order valence-electron chi connectivity index (χ0n) is 13.0. The minimum absolute atomic E-state index is 0.375. The molecule has 3 nitrogen and oxygen atoms in total. The third-order valence-electron chi connectivity index (χ3n) is 2.90. The Kier molecular flexibility index (Phi) is 7.02. The molecule has 0 aliphatic rings. The van der Waals surface area contributed by atoms with E-state index in [1.807, 2.05) is 24.3 Å². The van der Waals surface area contributed by atoms with Gasteiger partial charge in [-0.25, -0.2) is 0 Å². The summed E-state index contributed by atoms with van der Waals surface area (Å²) in [4.78, 5) is 8.95. The van der Waals surface area contributed by atoms with Gasteiger partial charge in [-0.3, -0.25) is 4.79 Å². The lowest BCUT2D eigenvalue weighted by Crippen LogP contribution is -1.88. The Morgan fingerprint density at radius 1 is 0.905 bits per heavy atom. The molecular weight excluding hydrogens is 264 g/mol. The molecule has 0 heterocycles. The van der Waals surface area contributed by atoms with Gasteiger partial charge in [0.25, 0.3) is 6.47 Å². The predicted octanol–water partition coefficient (Wildman–Crippen LogP) is 4.70. The van der Waals surface area contributed by atoms with Crippen molar-refractivity contribution in [2.75, 3.05) is 7.11 Å². The summed E-state index contributed by atoms with van der Waals surface area (Å²) in [5, 5.41) is 0. The summed E-state index contributed by atoms with van der Waals surface area (Å²) < 4.78 is 9.63. The third-order valence-corrected chi connectivity index (χ3v) is 2.90. The van der Waals surface area contributed by atoms with Gasteiger partial charge in [-0.1, -0.05) is 43.7 Å². The van der Waals surface area contributed by atoms with Crippen molar-refractivity contribution in [1.29, 1.82) is 0 Å². The van der Waals surface area contributed by atoms with Crippen LogP contribution in [0.1, 0.15) is 30.9 Å². The predicted molar refractivity (Wildman–Crippen MR) is 84.9 cm³/mol. The van der Waals surface area contributed by atoms with Gasteiger partial charge in [-0.05, 0) is 42.7 Å². The third kappa shape index (κ3) is 6.13. The Morgan fingerprint density at radius 2 is 1.33 bits per heavy atom. The molecule has 0 spiro atoms. The Morgan fingerprint density at radius 3 is 1.71 bits per heavy atom. The van der Waals surface area contributed by atoms with E-state index in [4.69, 9.17) is 9.53 Å². The maximum Gasteiger partial charge on any atom is 0.292 e. The molecule has 112 valence electrons. The minimum atomic E-state index is 0.375. The average molecular weight is 286 g/mol. The lowest BCUT2D eigenvalue weighted by Gasteiger charge is -2.08. The number of hydrogen-bond acceptors (Lipinski definition) is 3. The van der Waals surface area contributed by atoms with Gasteiger partial charge in [-0.15, -0.1) is 0 Å². The Balaban J connectivity index is 0.000000491. The van der Waals surface area contributed by atoms with Gasteiger partial charge in [-0.2, -0.15) is 0 Å². The highest BCUT2D eigenvalue weighted by atomic mass is 16.5. The topological polar surface area (TPSA) is 35.5 Å². The molecule has 0 fully saturated rings. The minimum Gasteiger partial charge on any atom is -0.471 e. The first-order valence-electron chi connectivity index (χ1n) is 6.87. The molecular formula is C18H22O3. The quantitative estimate of drug-likeness (QED) is 0.764. The summed E-state index contributed by atoms with van der Waals surface area (Å²) in [5.41, 5.74) is 2.58. The summed E-state index contributed by atoms with van der Waals surface area (Å²) in [6, 6.07) is 16.4. The van der Waals surface area contributed by atoms with Gasteiger partial charge >= 0.3 is 0 Å². The first-order chi connectivity index (χ1) is 10.1. The van der Waals surface area contributed by atoms with E-state index in [1.165, 1.54) is 18.2 Å². The maximum absolute atomic E-state index is 8.95. The van der Waals surface area contributed by atoms with Crippen molar-refractivity contribution in [2.45, 2.75) is 26.7 Å². The highest BCUT2D eigenvalue weighted by Crippen LogP contribution is 2.24. The highest BCUT2D eigenvalue weighted by molar-refractivity contribution is 5.36. The summed E-state index contributed by atoms with van der Waals surface area (Å²) >= 11 is 0. The molecule has 2 aromatic rings. The number of methoxy groups -OCH3 is 1. The summed E-state index contributed by atoms with van der Waals surface area (Å²) in [5.74, 6) is 2.33. The number of carbonyl (C=O) groups is 1. The second-order valence-electron chi connectivity index (χ2n) is 4.97. The van der Waals surface area contributed by atoms with Crippen LogP contribution < -0.4 is 4.74 Å². The molecule has 0 aromatic heterocycles. The molecule has 2 aromatic carbocycles. The van der Waals surface area contributed by atoms with Crippen LogP contribution >= 0.6 is 0 Å². The normalized spacial score (nSPS) is 9.57. The van der Waals surface area contributed by atoms with Gasteiger partial charge < -0.3 is 9.47 Å². The first kappa shape index (κ1) is 16.8. The summed E-state index contributed by atoms with van der Waals surface area (Å²) in [7, 11) is 1.31. The van der Waals surface area contributed by atoms with E-state index < -0.39 is 0 Å². The van der Waals surface area contributed by atoms with Crippen molar-refractivity contribution < 1.29 is 14.3 Å². The van der Waals surface area contributed by atoms with E-state index in [-0.39, 0.29) is 0 Å². The zero-order valence-corrected chi connectivity index (χ0v) is 13.0. The van der Waals surface area contributed by atoms with Crippen LogP contribution in [-0.4, -0.2) is 13.6 Å². The van der Waals surface area contributed by atoms with E-state index in [0.29, 0.717) is 12.4 Å². The molecule has 0 N–H and O–H groups in total. The maximum atomic E-state index is 8.95. The standard InChI is InChI=1S/C16H18O.C2H4O2/c1-12(2)14-6-10-16(11-7-14)17-15-8-4-13(3)5-9-15;1-4-2-3/h4-12H,1-3H3;2H,1H3. The highest BCUT2D eigenvalue weighted by Gasteiger charge is 2.00. The number of ether oxygens (including phenoxy) is 2. The zero-order chi connectivity index (χ0) is 15.7. The fraction of sp³-hybridized carbons (Fsp3) is 0.278. The fourth-order valence-corrected chi connectivity index (χ4v) is 1.66. The molecule has 2 rings (SSSR count). The van der Waals surface area contributed by atoms with Gasteiger partial charge in [0.05, 0.1) is 7.11 Å². The largest absolute Gasteiger partial charge is 0.471 e. The lowest BCUT2D eigenvalue weighted by atomic mass is 10.0. The molecule has 0 aliphatic heterocycles. The molecule has 0 bridgehead atoms. The van der Waals surface area contributed by atoms with Crippen molar-refractivity contribution in [2.24, 2.45) is 0 Å². The van der Waals surface area contributed by atoms with Gasteiger partial charge in [0.15, 0.2) is 0 Å². The molecule has 3 heteroatoms. The van der Waals surface area contributed by atoms with Crippen molar-refractivity contribution in [3.63, 3.8) is 0 Å². The molecule has 21 heavy (non-hydrogen) atoms. The molecule has 0 aliphatic carbocycles. The molecule has 0 radical (unpaired) electrons. The SMILES string of the molecule is COC=O.Cc1ccc(Oc2ccc(C(C)C)cc2)cc1. The second-order valence-corrected chi connectivity index (χ2v) is 4.97. The van der Waals surface area contributed by atoms with Gasteiger partial charge in [0.1, 0.15) is 11.5 Å². The Bertz CT molecular complexity index is 527. The fourth-order valence-electron chi connectivity index (χ4n) is 1.66. The molecule has 0 saturated heterocycles. The van der Waals surface area contributed by atoms with Crippen LogP contribution in [0.3, 0.4) is 0 Å². The van der Waals surface area contributed by atoms with E-state index >= 15 is 0 Å². The summed E-state index contributed by atoms with van der Waals surface area (Å²) in [6.45, 7) is 6.83. The smallest absolute Gasteiger partial charge is 0.292 e. The van der Waals surface area contributed by atoms with Crippen LogP contribution in [0.2, 0.25) is 0 Å². The van der Waals surface area contributed by atoms with Crippen molar-refractivity contribution in [3.05, 3.63) is 59.7 Å². The number of aryl methyl sites for hydroxylation is 1. The van der Waals surface area contributed by atoms with Crippen LogP contribution in [-0.2, 0) is 9.53 Å². The Hall–Kier alpha value is -2.29. The van der Waals surface area contributed by atoms with Crippen LogP contribution in [0, 0.1) is 6.92 Å². The van der Waals surface area contributed by atoms with Crippen molar-refractivity contribution in [3.8, 4) is 11.5 Å². The van der Waals surface area contributed by atoms with Crippen molar-refractivity contribution >= 4 is 6.47 Å². The Labute approximate surface area is 126 Å². The number of benzene rings is 2.